The summed E-state index contributed by atoms with van der Waals surface area (Å²) in [6.07, 6.45) is 4.26. The van der Waals surface area contributed by atoms with Crippen LogP contribution in [0.4, 0.5) is 21.9 Å². The van der Waals surface area contributed by atoms with E-state index in [1.807, 2.05) is 51.1 Å². The summed E-state index contributed by atoms with van der Waals surface area (Å²) in [6, 6.07) is 22.6. The zero-order valence-corrected chi connectivity index (χ0v) is 26.2. The van der Waals surface area contributed by atoms with E-state index in [2.05, 4.69) is 25.3 Å². The molecule has 2 amide bonds. The number of aromatic nitrogens is 2. The molecule has 0 radical (unpaired) electrons. The van der Waals surface area contributed by atoms with Gasteiger partial charge in [-0.15, -0.1) is 0 Å². The Hall–Kier alpha value is -5.36. The van der Waals surface area contributed by atoms with Gasteiger partial charge in [0.05, 0.1) is 30.4 Å². The predicted molar refractivity (Wildman–Crippen MR) is 175 cm³/mol. The lowest BCUT2D eigenvalue weighted by Crippen LogP contribution is -2.22. The summed E-state index contributed by atoms with van der Waals surface area (Å²) < 4.78 is 44.1. The number of sulfonamides is 1. The Morgan fingerprint density at radius 1 is 0.756 bits per heavy atom. The van der Waals surface area contributed by atoms with E-state index >= 15 is 0 Å². The molecule has 0 aliphatic rings. The molecular weight excluding hydrogens is 594 g/mol. The van der Waals surface area contributed by atoms with Gasteiger partial charge in [-0.05, 0) is 47.4 Å². The number of hydrogen-bond donors (Lipinski definition) is 3. The van der Waals surface area contributed by atoms with Crippen molar-refractivity contribution in [3.05, 3.63) is 96.8 Å². The van der Waals surface area contributed by atoms with E-state index in [9.17, 15) is 13.2 Å². The molecule has 2 aromatic heterocycles. The number of rotatable bonds is 9. The monoisotopic (exact) mass is 627 g/mol. The second kappa shape index (κ2) is 12.7. The van der Waals surface area contributed by atoms with Gasteiger partial charge in [0.15, 0.2) is 5.75 Å². The number of urea groups is 1. The van der Waals surface area contributed by atoms with Crippen molar-refractivity contribution in [3.8, 4) is 29.0 Å². The molecule has 0 saturated heterocycles. The molecule has 232 valence electrons. The Kier molecular flexibility index (Phi) is 8.77. The van der Waals surface area contributed by atoms with Gasteiger partial charge in [0.1, 0.15) is 11.5 Å². The van der Waals surface area contributed by atoms with Crippen LogP contribution in [0.1, 0.15) is 26.3 Å². The van der Waals surface area contributed by atoms with Gasteiger partial charge in [-0.2, -0.15) is 0 Å². The number of fused-ring (bicyclic) bond motifs is 1. The molecule has 45 heavy (non-hydrogen) atoms. The molecule has 12 heteroatoms. The van der Waals surface area contributed by atoms with E-state index in [4.69, 9.17) is 14.2 Å². The number of pyridine rings is 2. The van der Waals surface area contributed by atoms with Crippen LogP contribution < -0.4 is 29.6 Å². The molecule has 0 saturated carbocycles. The number of nitrogens with one attached hydrogen (secondary N) is 3. The molecule has 5 aromatic rings. The Balaban J connectivity index is 1.40. The lowest BCUT2D eigenvalue weighted by Gasteiger charge is -2.24. The maximum absolute atomic E-state index is 13.3. The highest BCUT2D eigenvalue weighted by molar-refractivity contribution is 7.92. The summed E-state index contributed by atoms with van der Waals surface area (Å²) in [6.45, 7) is 5.96. The van der Waals surface area contributed by atoms with Crippen molar-refractivity contribution in [1.29, 1.82) is 0 Å². The Morgan fingerprint density at radius 2 is 1.44 bits per heavy atom. The first kappa shape index (κ1) is 31.1. The number of anilines is 3. The molecule has 0 aliphatic heterocycles. The number of benzene rings is 3. The third-order valence-corrected chi connectivity index (χ3v) is 7.21. The molecule has 0 bridgehead atoms. The van der Waals surface area contributed by atoms with Crippen molar-refractivity contribution < 1.29 is 27.4 Å². The van der Waals surface area contributed by atoms with E-state index in [1.165, 1.54) is 7.11 Å². The molecular formula is C33H33N5O6S. The molecule has 0 atom stereocenters. The summed E-state index contributed by atoms with van der Waals surface area (Å²) in [5.41, 5.74) is 1.50. The van der Waals surface area contributed by atoms with Crippen LogP contribution in [0, 0.1) is 0 Å². The second-order valence-electron chi connectivity index (χ2n) is 11.2. The van der Waals surface area contributed by atoms with Crippen LogP contribution >= 0.6 is 0 Å². The SMILES string of the molecule is COc1c(NC(=O)Nc2ccc(Oc3ccnc(Oc4ccccn4)c3)c3ccccc23)cc(C(C)(C)C)cc1NS(C)(=O)=O. The van der Waals surface area contributed by atoms with E-state index < -0.39 is 16.1 Å². The van der Waals surface area contributed by atoms with Crippen LogP contribution in [0.25, 0.3) is 10.8 Å². The van der Waals surface area contributed by atoms with Gasteiger partial charge in [-0.1, -0.05) is 51.1 Å². The highest BCUT2D eigenvalue weighted by atomic mass is 32.2. The van der Waals surface area contributed by atoms with Gasteiger partial charge >= 0.3 is 6.03 Å². The molecule has 0 fully saturated rings. The number of hydrogen-bond acceptors (Lipinski definition) is 8. The molecule has 5 rings (SSSR count). The molecule has 3 aromatic carbocycles. The van der Waals surface area contributed by atoms with Crippen molar-refractivity contribution in [2.45, 2.75) is 26.2 Å². The number of nitrogens with zero attached hydrogens (tertiary/aromatic N) is 2. The highest BCUT2D eigenvalue weighted by Gasteiger charge is 2.22. The summed E-state index contributed by atoms with van der Waals surface area (Å²) >= 11 is 0. The van der Waals surface area contributed by atoms with Crippen LogP contribution in [-0.2, 0) is 15.4 Å². The second-order valence-corrected chi connectivity index (χ2v) is 12.9. The standard InChI is InChI=1S/C33H33N5O6S/c1-33(2,3)21-18-26(31(42-4)27(19-21)38-45(5,40)41)37-32(39)36-25-13-14-28(24-11-7-6-10-23(24)25)43-22-15-17-35-30(20-22)44-29-12-8-9-16-34-29/h6-20,38H,1-5H3,(H2,36,37,39). The fourth-order valence-corrected chi connectivity index (χ4v) is 5.10. The Bertz CT molecular complexity index is 1960. The van der Waals surface area contributed by atoms with Crippen molar-refractivity contribution in [2.24, 2.45) is 0 Å². The minimum atomic E-state index is -3.62. The summed E-state index contributed by atoms with van der Waals surface area (Å²) in [5, 5.41) is 7.22. The van der Waals surface area contributed by atoms with Crippen molar-refractivity contribution in [3.63, 3.8) is 0 Å². The number of ether oxygens (including phenoxy) is 3. The van der Waals surface area contributed by atoms with E-state index in [0.717, 1.165) is 22.6 Å². The minimum absolute atomic E-state index is 0.181. The molecule has 11 nitrogen and oxygen atoms in total. The number of carbonyl (C=O) groups is 1. The fraction of sp³-hybridized carbons (Fsp3) is 0.182. The molecule has 0 spiro atoms. The van der Waals surface area contributed by atoms with Crippen molar-refractivity contribution >= 4 is 43.9 Å². The normalized spacial score (nSPS) is 11.5. The van der Waals surface area contributed by atoms with Crippen LogP contribution in [0.5, 0.6) is 29.0 Å². The van der Waals surface area contributed by atoms with Crippen LogP contribution in [0.15, 0.2) is 91.3 Å². The van der Waals surface area contributed by atoms with E-state index in [0.29, 0.717) is 34.6 Å². The quantitative estimate of drug-likeness (QED) is 0.152. The maximum Gasteiger partial charge on any atom is 0.323 e. The van der Waals surface area contributed by atoms with Crippen LogP contribution in [0.3, 0.4) is 0 Å². The first-order valence-electron chi connectivity index (χ1n) is 13.9. The van der Waals surface area contributed by atoms with Gasteiger partial charge in [0, 0.05) is 35.3 Å². The topological polar surface area (TPSA) is 141 Å². The number of methoxy groups -OCH3 is 1. The highest BCUT2D eigenvalue weighted by Crippen LogP contribution is 2.40. The van der Waals surface area contributed by atoms with Crippen molar-refractivity contribution in [2.75, 3.05) is 28.7 Å². The average molecular weight is 628 g/mol. The van der Waals surface area contributed by atoms with Gasteiger partial charge in [-0.3, -0.25) is 4.72 Å². The van der Waals surface area contributed by atoms with Gasteiger partial charge in [-0.25, -0.2) is 23.2 Å². The van der Waals surface area contributed by atoms with E-state index in [-0.39, 0.29) is 16.9 Å². The summed E-state index contributed by atoms with van der Waals surface area (Å²) in [7, 11) is -2.21. The van der Waals surface area contributed by atoms with Gasteiger partial charge in [0.2, 0.25) is 21.8 Å². The lowest BCUT2D eigenvalue weighted by molar-refractivity contribution is 0.262. The van der Waals surface area contributed by atoms with Crippen LogP contribution in [-0.4, -0.2) is 37.8 Å². The largest absolute Gasteiger partial charge is 0.492 e. The Labute approximate surface area is 261 Å². The number of amides is 2. The third-order valence-electron chi connectivity index (χ3n) is 6.62. The predicted octanol–water partition coefficient (Wildman–Crippen LogP) is 7.54. The summed E-state index contributed by atoms with van der Waals surface area (Å²) in [4.78, 5) is 21.7. The molecule has 2 heterocycles. The Morgan fingerprint density at radius 3 is 2.13 bits per heavy atom. The van der Waals surface area contributed by atoms with Crippen molar-refractivity contribution in [1.82, 2.24) is 9.97 Å². The lowest BCUT2D eigenvalue weighted by atomic mass is 9.86. The first-order valence-corrected chi connectivity index (χ1v) is 15.8. The molecule has 0 unspecified atom stereocenters. The fourth-order valence-electron chi connectivity index (χ4n) is 4.55. The minimum Gasteiger partial charge on any atom is -0.492 e. The van der Waals surface area contributed by atoms with Crippen LogP contribution in [0.2, 0.25) is 0 Å². The molecule has 3 N–H and O–H groups in total. The average Bonchev–Trinajstić information content (AvgIpc) is 2.98. The number of carbonyl (C=O) groups excluding carboxylic acids is 1. The van der Waals surface area contributed by atoms with E-state index in [1.54, 1.807) is 60.9 Å². The zero-order valence-electron chi connectivity index (χ0n) is 25.4. The molecule has 0 aliphatic carbocycles. The summed E-state index contributed by atoms with van der Waals surface area (Å²) in [5.74, 6) is 1.98. The zero-order chi connectivity index (χ0) is 32.2. The van der Waals surface area contributed by atoms with Gasteiger partial charge in [0.25, 0.3) is 0 Å². The third kappa shape index (κ3) is 7.78. The smallest absolute Gasteiger partial charge is 0.323 e. The first-order chi connectivity index (χ1) is 21.4. The maximum atomic E-state index is 13.3. The van der Waals surface area contributed by atoms with Gasteiger partial charge < -0.3 is 24.8 Å².